The van der Waals surface area contributed by atoms with E-state index in [0.29, 0.717) is 22.0 Å². The molecule has 2 aromatic rings. The highest BCUT2D eigenvalue weighted by Crippen LogP contribution is 2.28. The van der Waals surface area contributed by atoms with Crippen molar-refractivity contribution < 1.29 is 14.5 Å². The average Bonchev–Trinajstić information content (AvgIpc) is 2.54. The summed E-state index contributed by atoms with van der Waals surface area (Å²) in [5.41, 5.74) is 0.664. The number of amides is 1. The minimum absolute atomic E-state index is 0.0327. The Kier molecular flexibility index (Phi) is 5.78. The fraction of sp³-hybridized carbons (Fsp3) is 0.0625. The van der Waals surface area contributed by atoms with Crippen molar-refractivity contribution in [3.8, 4) is 5.75 Å². The quantitative estimate of drug-likeness (QED) is 0.477. The van der Waals surface area contributed by atoms with Gasteiger partial charge >= 0.3 is 0 Å². The zero-order valence-electron chi connectivity index (χ0n) is 12.5. The monoisotopic (exact) mass is 366 g/mol. The predicted octanol–water partition coefficient (Wildman–Crippen LogP) is 4.56. The summed E-state index contributed by atoms with van der Waals surface area (Å²) in [6.07, 6.45) is 2.68. The summed E-state index contributed by atoms with van der Waals surface area (Å²) in [7, 11) is 1.47. The first-order chi connectivity index (χ1) is 11.4. The Balaban J connectivity index is 2.15. The first-order valence-corrected chi connectivity index (χ1v) is 7.43. The molecule has 0 aliphatic heterocycles. The van der Waals surface area contributed by atoms with Gasteiger partial charge in [0, 0.05) is 17.2 Å². The molecule has 0 saturated heterocycles. The van der Waals surface area contributed by atoms with E-state index >= 15 is 0 Å². The number of halogens is 2. The highest BCUT2D eigenvalue weighted by molar-refractivity contribution is 6.32. The van der Waals surface area contributed by atoms with Crippen molar-refractivity contribution in [2.24, 2.45) is 0 Å². The molecule has 24 heavy (non-hydrogen) atoms. The van der Waals surface area contributed by atoms with Gasteiger partial charge in [-0.1, -0.05) is 29.3 Å². The van der Waals surface area contributed by atoms with E-state index in [1.165, 1.54) is 31.4 Å². The van der Waals surface area contributed by atoms with Crippen molar-refractivity contribution in [1.82, 2.24) is 0 Å². The van der Waals surface area contributed by atoms with E-state index in [9.17, 15) is 14.9 Å². The lowest BCUT2D eigenvalue weighted by atomic mass is 10.2. The van der Waals surface area contributed by atoms with E-state index < -0.39 is 10.8 Å². The van der Waals surface area contributed by atoms with E-state index in [4.69, 9.17) is 27.9 Å². The van der Waals surface area contributed by atoms with Crippen LogP contribution in [-0.4, -0.2) is 17.9 Å². The van der Waals surface area contributed by atoms with Crippen molar-refractivity contribution in [2.45, 2.75) is 0 Å². The van der Waals surface area contributed by atoms with Crippen molar-refractivity contribution in [3.05, 3.63) is 68.2 Å². The molecular weight excluding hydrogens is 355 g/mol. The number of carbonyl (C=O) groups is 1. The van der Waals surface area contributed by atoms with Crippen LogP contribution in [0.1, 0.15) is 5.56 Å². The zero-order valence-corrected chi connectivity index (χ0v) is 14.0. The summed E-state index contributed by atoms with van der Waals surface area (Å²) in [6, 6.07) is 9.07. The second-order valence-electron chi connectivity index (χ2n) is 4.64. The van der Waals surface area contributed by atoms with Gasteiger partial charge in [-0.25, -0.2) is 0 Å². The molecule has 0 aliphatic rings. The largest absolute Gasteiger partial charge is 0.495 e. The Labute approximate surface area is 147 Å². The Bertz CT molecular complexity index is 822. The summed E-state index contributed by atoms with van der Waals surface area (Å²) in [5, 5.41) is 14.0. The van der Waals surface area contributed by atoms with Gasteiger partial charge in [-0.3, -0.25) is 14.9 Å². The molecule has 0 fully saturated rings. The van der Waals surface area contributed by atoms with E-state index in [1.54, 1.807) is 24.3 Å². The molecule has 124 valence electrons. The third kappa shape index (κ3) is 4.47. The molecule has 2 rings (SSSR count). The van der Waals surface area contributed by atoms with E-state index in [-0.39, 0.29) is 10.7 Å². The number of nitrogens with zero attached hydrogens (tertiary/aromatic N) is 1. The van der Waals surface area contributed by atoms with E-state index in [1.807, 2.05) is 0 Å². The second-order valence-corrected chi connectivity index (χ2v) is 5.48. The average molecular weight is 367 g/mol. The summed E-state index contributed by atoms with van der Waals surface area (Å²) < 4.78 is 5.13. The molecule has 0 saturated carbocycles. The predicted molar refractivity (Wildman–Crippen MR) is 93.8 cm³/mol. The Morgan fingerprint density at radius 2 is 2.00 bits per heavy atom. The fourth-order valence-electron chi connectivity index (χ4n) is 1.90. The molecule has 6 nitrogen and oxygen atoms in total. The highest BCUT2D eigenvalue weighted by atomic mass is 35.5. The number of anilines is 1. The molecular formula is C16H12Cl2N2O4. The zero-order chi connectivity index (χ0) is 17.7. The maximum Gasteiger partial charge on any atom is 0.288 e. The molecule has 0 aliphatic carbocycles. The summed E-state index contributed by atoms with van der Waals surface area (Å²) in [6.45, 7) is 0. The van der Waals surface area contributed by atoms with E-state index in [2.05, 4.69) is 5.32 Å². The van der Waals surface area contributed by atoms with Crippen LogP contribution in [0.15, 0.2) is 42.5 Å². The van der Waals surface area contributed by atoms with Gasteiger partial charge in [-0.2, -0.15) is 0 Å². The summed E-state index contributed by atoms with van der Waals surface area (Å²) in [5.74, 6) is 0.0245. The number of methoxy groups -OCH3 is 1. The van der Waals surface area contributed by atoms with Crippen LogP contribution in [0.5, 0.6) is 5.75 Å². The second kappa shape index (κ2) is 7.81. The molecule has 2 aromatic carbocycles. The number of nitro groups is 1. The fourth-order valence-corrected chi connectivity index (χ4v) is 2.26. The van der Waals surface area contributed by atoms with Crippen LogP contribution in [-0.2, 0) is 4.79 Å². The lowest BCUT2D eigenvalue weighted by molar-refractivity contribution is -0.384. The van der Waals surface area contributed by atoms with Gasteiger partial charge < -0.3 is 10.1 Å². The normalized spacial score (nSPS) is 10.6. The molecule has 0 aromatic heterocycles. The molecule has 0 bridgehead atoms. The number of nitrogens with one attached hydrogen (secondary N) is 1. The minimum atomic E-state index is -0.587. The smallest absolute Gasteiger partial charge is 0.288 e. The van der Waals surface area contributed by atoms with Gasteiger partial charge in [-0.05, 0) is 35.9 Å². The third-order valence-electron chi connectivity index (χ3n) is 3.01. The molecule has 8 heteroatoms. The van der Waals surface area contributed by atoms with Gasteiger partial charge in [0.2, 0.25) is 5.91 Å². The summed E-state index contributed by atoms with van der Waals surface area (Å²) in [4.78, 5) is 22.3. The Morgan fingerprint density at radius 3 is 2.67 bits per heavy atom. The van der Waals surface area contributed by atoms with Crippen LogP contribution < -0.4 is 10.1 Å². The van der Waals surface area contributed by atoms with Crippen molar-refractivity contribution in [1.29, 1.82) is 0 Å². The molecule has 0 radical (unpaired) electrons. The highest BCUT2D eigenvalue weighted by Gasteiger charge is 2.12. The van der Waals surface area contributed by atoms with Crippen LogP contribution >= 0.6 is 23.2 Å². The van der Waals surface area contributed by atoms with Gasteiger partial charge in [-0.15, -0.1) is 0 Å². The number of ether oxygens (including phenoxy) is 1. The SMILES string of the molecule is COc1ccc(Cl)cc1NC(=O)C=Cc1ccc(Cl)c([N+](=O)[O-])c1. The van der Waals surface area contributed by atoms with Crippen LogP contribution in [0, 0.1) is 10.1 Å². The van der Waals surface area contributed by atoms with Crippen LogP contribution in [0.4, 0.5) is 11.4 Å². The maximum absolute atomic E-state index is 12.0. The topological polar surface area (TPSA) is 81.5 Å². The van der Waals surface area contributed by atoms with Gasteiger partial charge in [0.15, 0.2) is 0 Å². The van der Waals surface area contributed by atoms with Gasteiger partial charge in [0.25, 0.3) is 5.69 Å². The van der Waals surface area contributed by atoms with Gasteiger partial charge in [0.05, 0.1) is 17.7 Å². The number of benzene rings is 2. The third-order valence-corrected chi connectivity index (χ3v) is 3.57. The lowest BCUT2D eigenvalue weighted by Crippen LogP contribution is -2.08. The van der Waals surface area contributed by atoms with E-state index in [0.717, 1.165) is 0 Å². The minimum Gasteiger partial charge on any atom is -0.495 e. The first-order valence-electron chi connectivity index (χ1n) is 6.67. The molecule has 0 unspecified atom stereocenters. The lowest BCUT2D eigenvalue weighted by Gasteiger charge is -2.08. The van der Waals surface area contributed by atoms with Crippen molar-refractivity contribution >= 4 is 46.6 Å². The summed E-state index contributed by atoms with van der Waals surface area (Å²) >= 11 is 11.6. The molecule has 0 heterocycles. The van der Waals surface area contributed by atoms with Crippen molar-refractivity contribution in [2.75, 3.05) is 12.4 Å². The van der Waals surface area contributed by atoms with Crippen LogP contribution in [0.25, 0.3) is 6.08 Å². The van der Waals surface area contributed by atoms with Crippen LogP contribution in [0.2, 0.25) is 10.0 Å². The standard InChI is InChI=1S/C16H12Cl2N2O4/c1-24-15-6-4-11(17)9-13(15)19-16(21)7-3-10-2-5-12(18)14(8-10)20(22)23/h2-9H,1H3,(H,19,21). The number of nitro benzene ring substituents is 1. The number of rotatable bonds is 5. The number of hydrogen-bond donors (Lipinski definition) is 1. The molecule has 1 N–H and O–H groups in total. The van der Waals surface area contributed by atoms with Crippen molar-refractivity contribution in [3.63, 3.8) is 0 Å². The molecule has 1 amide bonds. The number of carbonyl (C=O) groups excluding carboxylic acids is 1. The molecule has 0 spiro atoms. The van der Waals surface area contributed by atoms with Gasteiger partial charge in [0.1, 0.15) is 10.8 Å². The molecule has 0 atom stereocenters. The first kappa shape index (κ1) is 17.8. The van der Waals surface area contributed by atoms with Crippen LogP contribution in [0.3, 0.4) is 0 Å². The maximum atomic E-state index is 12.0. The Hall–Kier alpha value is -2.57. The number of hydrogen-bond acceptors (Lipinski definition) is 4. The Morgan fingerprint density at radius 1 is 1.25 bits per heavy atom.